The average molecular weight is 482 g/mol. The number of rotatable bonds is 7. The number of alkyl halides is 3. The average Bonchev–Trinajstić information content (AvgIpc) is 2.68. The number of hydrogen-bond donors (Lipinski definition) is 2. The van der Waals surface area contributed by atoms with Crippen LogP contribution in [0.5, 0.6) is 0 Å². The van der Waals surface area contributed by atoms with Crippen LogP contribution in [0, 0.1) is 0 Å². The van der Waals surface area contributed by atoms with Crippen molar-refractivity contribution in [2.75, 3.05) is 18.0 Å². The van der Waals surface area contributed by atoms with Crippen LogP contribution >= 0.6 is 11.6 Å². The first-order valence-corrected chi connectivity index (χ1v) is 11.0. The molecule has 1 aromatic carbocycles. The summed E-state index contributed by atoms with van der Waals surface area (Å²) in [6.45, 7) is 5.85. The van der Waals surface area contributed by atoms with Crippen molar-refractivity contribution in [2.45, 2.75) is 37.8 Å². The quantitative estimate of drug-likeness (QED) is 0.566. The summed E-state index contributed by atoms with van der Waals surface area (Å²) in [4.78, 5) is 16.6. The molecule has 0 aliphatic heterocycles. The van der Waals surface area contributed by atoms with Crippen LogP contribution in [0.1, 0.15) is 42.6 Å². The van der Waals surface area contributed by atoms with Crippen LogP contribution in [0.25, 0.3) is 0 Å². The Morgan fingerprint density at radius 1 is 1.23 bits per heavy atom. The molecule has 0 atom stereocenters. The zero-order valence-electron chi connectivity index (χ0n) is 16.9. The second-order valence-corrected chi connectivity index (χ2v) is 8.17. The van der Waals surface area contributed by atoms with Gasteiger partial charge in [0.1, 0.15) is 10.7 Å². The first kappa shape index (κ1) is 26.7. The Kier molecular flexibility index (Phi) is 9.72. The molecule has 0 saturated carbocycles. The molecule has 2 aromatic rings. The van der Waals surface area contributed by atoms with Crippen LogP contribution in [0.4, 0.5) is 19.0 Å². The van der Waals surface area contributed by atoms with Gasteiger partial charge >= 0.3 is 6.18 Å². The van der Waals surface area contributed by atoms with Crippen LogP contribution in [0.2, 0.25) is 5.02 Å². The van der Waals surface area contributed by atoms with E-state index in [4.69, 9.17) is 21.9 Å². The van der Waals surface area contributed by atoms with Gasteiger partial charge in [0.25, 0.3) is 10.1 Å². The fraction of sp³-hybridized carbons (Fsp3) is 0.368. The number of carbonyl (C=O) groups is 1. The number of carbonyl (C=O) groups excluding carboxylic acids is 1. The van der Waals surface area contributed by atoms with Crippen molar-refractivity contribution in [3.05, 3.63) is 52.7 Å². The number of nitrogens with zero attached hydrogens (tertiary/aromatic N) is 2. The Labute approximate surface area is 183 Å². The lowest BCUT2D eigenvalue weighted by Crippen LogP contribution is -2.24. The molecule has 0 aliphatic carbocycles. The van der Waals surface area contributed by atoms with Crippen LogP contribution in [0.3, 0.4) is 0 Å². The molecule has 0 radical (unpaired) electrons. The van der Waals surface area contributed by atoms with Crippen molar-refractivity contribution >= 4 is 33.4 Å². The molecule has 12 heteroatoms. The topological polar surface area (TPSA) is 114 Å². The van der Waals surface area contributed by atoms with Crippen molar-refractivity contribution in [3.63, 3.8) is 0 Å². The molecule has 0 bridgehead atoms. The Morgan fingerprint density at radius 2 is 1.87 bits per heavy atom. The number of hydrogen-bond acceptors (Lipinski definition) is 5. The van der Waals surface area contributed by atoms with E-state index >= 15 is 0 Å². The molecule has 0 unspecified atom stereocenters. The highest BCUT2D eigenvalue weighted by Gasteiger charge is 2.34. The number of anilines is 1. The van der Waals surface area contributed by atoms with Gasteiger partial charge in [0.15, 0.2) is 0 Å². The van der Waals surface area contributed by atoms with Crippen molar-refractivity contribution in [1.29, 1.82) is 0 Å². The third kappa shape index (κ3) is 8.35. The number of nitrogens with two attached hydrogens (primary N) is 1. The second-order valence-electron chi connectivity index (χ2n) is 6.31. The Balaban J connectivity index is 0.000000316. The molecular formula is C19H23ClF3N3O4S. The summed E-state index contributed by atoms with van der Waals surface area (Å²) in [5.74, 6) is -0.401. The van der Waals surface area contributed by atoms with Gasteiger partial charge in [0.2, 0.25) is 5.91 Å². The predicted molar refractivity (Wildman–Crippen MR) is 112 cm³/mol. The van der Waals surface area contributed by atoms with Crippen molar-refractivity contribution in [2.24, 2.45) is 5.73 Å². The maximum atomic E-state index is 12.3. The number of halogens is 4. The monoisotopic (exact) mass is 481 g/mol. The number of aromatic nitrogens is 1. The number of benzene rings is 1. The van der Waals surface area contributed by atoms with Crippen LogP contribution in [0.15, 0.2) is 41.4 Å². The van der Waals surface area contributed by atoms with Crippen LogP contribution in [-0.4, -0.2) is 37.0 Å². The van der Waals surface area contributed by atoms with E-state index in [1.54, 1.807) is 6.07 Å². The molecule has 0 spiro atoms. The van der Waals surface area contributed by atoms with E-state index in [1.807, 2.05) is 6.92 Å². The van der Waals surface area contributed by atoms with Gasteiger partial charge in [-0.1, -0.05) is 24.9 Å². The summed E-state index contributed by atoms with van der Waals surface area (Å²) in [6.07, 6.45) is -1.29. The van der Waals surface area contributed by atoms with E-state index in [2.05, 4.69) is 16.8 Å². The number of pyridine rings is 1. The van der Waals surface area contributed by atoms with Gasteiger partial charge in [0.05, 0.1) is 17.3 Å². The van der Waals surface area contributed by atoms with Crippen LogP contribution < -0.4 is 10.6 Å². The summed E-state index contributed by atoms with van der Waals surface area (Å²) < 4.78 is 67.5. The number of primary amides is 1. The Hall–Kier alpha value is -2.37. The van der Waals surface area contributed by atoms with Gasteiger partial charge in [-0.05, 0) is 43.7 Å². The summed E-state index contributed by atoms with van der Waals surface area (Å²) in [5, 5.41) is -0.0951. The number of amides is 1. The lowest BCUT2D eigenvalue weighted by molar-refractivity contribution is -0.137. The Morgan fingerprint density at radius 3 is 2.29 bits per heavy atom. The molecule has 172 valence electrons. The first-order chi connectivity index (χ1) is 14.3. The van der Waals surface area contributed by atoms with Gasteiger partial charge in [-0.25, -0.2) is 4.98 Å². The van der Waals surface area contributed by atoms with Gasteiger partial charge in [-0.2, -0.15) is 21.6 Å². The van der Waals surface area contributed by atoms with E-state index in [-0.39, 0.29) is 9.92 Å². The largest absolute Gasteiger partial charge is 0.417 e. The standard InChI is InChI=1S/C11H18N2O3S.C8H5ClF3NO/c1-3-5-8-13(4-2)11-7-6-10(9-12-11)17(14,15)16;9-4-1-2-5(7(13)14)6(3-4)8(10,11)12/h6-7,9H,3-5,8H2,1-2H3,(H,14,15,16);1-3H,(H2,13,14). The van der Waals surface area contributed by atoms with E-state index < -0.39 is 33.3 Å². The fourth-order valence-corrected chi connectivity index (χ4v) is 3.06. The van der Waals surface area contributed by atoms with Gasteiger partial charge in [0, 0.05) is 18.1 Å². The van der Waals surface area contributed by atoms with Gasteiger partial charge in [-0.15, -0.1) is 0 Å². The van der Waals surface area contributed by atoms with Crippen molar-refractivity contribution in [3.8, 4) is 0 Å². The molecule has 0 aliphatic rings. The molecule has 1 aromatic heterocycles. The minimum atomic E-state index is -4.63. The Bertz CT molecular complexity index is 984. The molecule has 7 nitrogen and oxygen atoms in total. The number of unbranched alkanes of at least 4 members (excludes halogenated alkanes) is 1. The third-order valence-electron chi connectivity index (χ3n) is 4.06. The van der Waals surface area contributed by atoms with Gasteiger partial charge in [-0.3, -0.25) is 9.35 Å². The third-order valence-corrected chi connectivity index (χ3v) is 5.13. The SMILES string of the molecule is CCCCN(CC)c1ccc(S(=O)(=O)O)cn1.NC(=O)c1ccc(Cl)cc1C(F)(F)F. The molecule has 1 heterocycles. The molecule has 1 amide bonds. The maximum Gasteiger partial charge on any atom is 0.417 e. The highest BCUT2D eigenvalue weighted by molar-refractivity contribution is 7.85. The van der Waals surface area contributed by atoms with E-state index in [0.717, 1.165) is 37.8 Å². The molecule has 2 rings (SSSR count). The minimum Gasteiger partial charge on any atom is -0.366 e. The fourth-order valence-electron chi connectivity index (χ4n) is 2.46. The summed E-state index contributed by atoms with van der Waals surface area (Å²) >= 11 is 5.38. The smallest absolute Gasteiger partial charge is 0.366 e. The molecule has 31 heavy (non-hydrogen) atoms. The first-order valence-electron chi connectivity index (χ1n) is 9.16. The minimum absolute atomic E-state index is 0.0951. The van der Waals surface area contributed by atoms with Crippen molar-refractivity contribution < 1.29 is 30.9 Å². The highest BCUT2D eigenvalue weighted by Crippen LogP contribution is 2.33. The normalized spacial score (nSPS) is 11.5. The lowest BCUT2D eigenvalue weighted by Gasteiger charge is -2.21. The predicted octanol–water partition coefficient (Wildman–Crippen LogP) is 4.41. The maximum absolute atomic E-state index is 12.3. The van der Waals surface area contributed by atoms with Gasteiger partial charge < -0.3 is 10.6 Å². The zero-order valence-corrected chi connectivity index (χ0v) is 18.4. The highest BCUT2D eigenvalue weighted by atomic mass is 35.5. The van der Waals surface area contributed by atoms with Crippen LogP contribution in [-0.2, 0) is 16.3 Å². The summed E-state index contributed by atoms with van der Waals surface area (Å²) in [7, 11) is -4.15. The summed E-state index contributed by atoms with van der Waals surface area (Å²) in [5.41, 5.74) is 3.08. The van der Waals surface area contributed by atoms with E-state index in [9.17, 15) is 26.4 Å². The van der Waals surface area contributed by atoms with Crippen molar-refractivity contribution in [1.82, 2.24) is 4.98 Å². The molecule has 0 fully saturated rings. The molecule has 0 saturated heterocycles. The molecule has 3 N–H and O–H groups in total. The molecular weight excluding hydrogens is 459 g/mol. The van der Waals surface area contributed by atoms with E-state index in [0.29, 0.717) is 6.07 Å². The zero-order chi connectivity index (χ0) is 23.8. The second kappa shape index (κ2) is 11.3. The summed E-state index contributed by atoms with van der Waals surface area (Å²) in [6, 6.07) is 5.78. The van der Waals surface area contributed by atoms with E-state index in [1.165, 1.54) is 18.3 Å². The lowest BCUT2D eigenvalue weighted by atomic mass is 10.1.